The van der Waals surface area contributed by atoms with Gasteiger partial charge in [-0.3, -0.25) is 14.9 Å². The van der Waals surface area contributed by atoms with Crippen LogP contribution in [0.5, 0.6) is 0 Å². The Hall–Kier alpha value is -0.930. The van der Waals surface area contributed by atoms with E-state index in [1.54, 1.807) is 13.8 Å². The number of carbonyl (C=O) groups is 1. The first-order valence-electron chi connectivity index (χ1n) is 5.22. The van der Waals surface area contributed by atoms with Crippen molar-refractivity contribution in [3.8, 4) is 0 Å². The van der Waals surface area contributed by atoms with Crippen molar-refractivity contribution in [2.75, 3.05) is 6.54 Å². The van der Waals surface area contributed by atoms with Gasteiger partial charge in [0.1, 0.15) is 0 Å². The highest BCUT2D eigenvalue weighted by molar-refractivity contribution is 14.1. The van der Waals surface area contributed by atoms with Gasteiger partial charge in [-0.05, 0) is 42.5 Å². The van der Waals surface area contributed by atoms with Crippen LogP contribution >= 0.6 is 35.0 Å². The lowest BCUT2D eigenvalue weighted by Crippen LogP contribution is -2.45. The number of hydrogen-bond donors (Lipinski definition) is 2. The summed E-state index contributed by atoms with van der Waals surface area (Å²) in [5.74, 6) is -0.284. The van der Waals surface area contributed by atoms with E-state index in [1.807, 2.05) is 22.6 Å². The fourth-order valence-corrected chi connectivity index (χ4v) is 1.95. The van der Waals surface area contributed by atoms with Crippen molar-refractivity contribution < 1.29 is 9.72 Å². The standard InChI is InChI=1S/C11H14IN3O3.ClH/c1-11(2,13)6-14-10(16)8-4-3-7(15(17)18)5-9(8)12;/h3-5H,6,13H2,1-2H3,(H,14,16);1H. The van der Waals surface area contributed by atoms with Gasteiger partial charge in [-0.25, -0.2) is 0 Å². The van der Waals surface area contributed by atoms with E-state index < -0.39 is 10.5 Å². The molecule has 3 N–H and O–H groups in total. The fraction of sp³-hybridized carbons (Fsp3) is 0.364. The van der Waals surface area contributed by atoms with Crippen LogP contribution in [0, 0.1) is 13.7 Å². The van der Waals surface area contributed by atoms with Crippen LogP contribution < -0.4 is 11.1 Å². The highest BCUT2D eigenvalue weighted by Crippen LogP contribution is 2.19. The minimum absolute atomic E-state index is 0. The summed E-state index contributed by atoms with van der Waals surface area (Å²) in [7, 11) is 0. The van der Waals surface area contributed by atoms with Gasteiger partial charge < -0.3 is 11.1 Å². The maximum Gasteiger partial charge on any atom is 0.270 e. The van der Waals surface area contributed by atoms with Crippen molar-refractivity contribution >= 4 is 46.6 Å². The van der Waals surface area contributed by atoms with E-state index in [0.717, 1.165) is 0 Å². The molecule has 0 spiro atoms. The average Bonchev–Trinajstić information content (AvgIpc) is 2.24. The van der Waals surface area contributed by atoms with Crippen LogP contribution in [-0.4, -0.2) is 22.9 Å². The Morgan fingerprint density at radius 2 is 2.11 bits per heavy atom. The smallest absolute Gasteiger partial charge is 0.270 e. The van der Waals surface area contributed by atoms with E-state index in [0.29, 0.717) is 15.7 Å². The second-order valence-corrected chi connectivity index (χ2v) is 5.75. The molecular weight excluding hydrogens is 384 g/mol. The van der Waals surface area contributed by atoms with Crippen molar-refractivity contribution in [3.63, 3.8) is 0 Å². The largest absolute Gasteiger partial charge is 0.350 e. The van der Waals surface area contributed by atoms with Gasteiger partial charge in [-0.15, -0.1) is 12.4 Å². The molecule has 106 valence electrons. The lowest BCUT2D eigenvalue weighted by molar-refractivity contribution is -0.384. The second-order valence-electron chi connectivity index (χ2n) is 4.59. The fourth-order valence-electron chi connectivity index (χ4n) is 1.21. The predicted molar refractivity (Wildman–Crippen MR) is 83.7 cm³/mol. The Bertz CT molecular complexity index is 489. The Morgan fingerprint density at radius 1 is 1.53 bits per heavy atom. The molecule has 0 atom stereocenters. The molecule has 1 aromatic carbocycles. The SMILES string of the molecule is CC(C)(N)CNC(=O)c1ccc([N+](=O)[O-])cc1I.Cl. The van der Waals surface area contributed by atoms with E-state index in [9.17, 15) is 14.9 Å². The van der Waals surface area contributed by atoms with Gasteiger partial charge in [0.15, 0.2) is 0 Å². The molecule has 1 rings (SSSR count). The van der Waals surface area contributed by atoms with Crippen LogP contribution in [0.15, 0.2) is 18.2 Å². The monoisotopic (exact) mass is 399 g/mol. The van der Waals surface area contributed by atoms with Crippen LogP contribution in [-0.2, 0) is 0 Å². The number of nitro benzene ring substituents is 1. The van der Waals surface area contributed by atoms with Crippen molar-refractivity contribution in [3.05, 3.63) is 37.4 Å². The summed E-state index contributed by atoms with van der Waals surface area (Å²) in [5, 5.41) is 13.3. The maximum atomic E-state index is 11.9. The zero-order valence-electron chi connectivity index (χ0n) is 10.5. The third kappa shape index (κ3) is 5.70. The molecule has 1 aromatic rings. The molecule has 0 saturated carbocycles. The van der Waals surface area contributed by atoms with Crippen molar-refractivity contribution in [2.45, 2.75) is 19.4 Å². The molecule has 0 bridgehead atoms. The van der Waals surface area contributed by atoms with Crippen LogP contribution in [0.1, 0.15) is 24.2 Å². The third-order valence-corrected chi connectivity index (χ3v) is 3.01. The topological polar surface area (TPSA) is 98.3 Å². The number of carbonyl (C=O) groups excluding carboxylic acids is 1. The number of nitrogens with two attached hydrogens (primary N) is 1. The first-order chi connectivity index (χ1) is 8.20. The number of nitro groups is 1. The molecule has 8 heteroatoms. The molecule has 0 aliphatic carbocycles. The maximum absolute atomic E-state index is 11.9. The van der Waals surface area contributed by atoms with Gasteiger partial charge in [0.05, 0.1) is 10.5 Å². The summed E-state index contributed by atoms with van der Waals surface area (Å²) < 4.78 is 0.536. The van der Waals surface area contributed by atoms with Crippen molar-refractivity contribution in [2.24, 2.45) is 5.73 Å². The second kappa shape index (κ2) is 7.01. The van der Waals surface area contributed by atoms with Crippen LogP contribution in [0.3, 0.4) is 0 Å². The molecule has 0 heterocycles. The lowest BCUT2D eigenvalue weighted by atomic mass is 10.1. The third-order valence-electron chi connectivity index (χ3n) is 2.11. The zero-order valence-corrected chi connectivity index (χ0v) is 13.4. The highest BCUT2D eigenvalue weighted by atomic mass is 127. The molecule has 0 radical (unpaired) electrons. The first-order valence-corrected chi connectivity index (χ1v) is 6.29. The molecule has 0 aliphatic heterocycles. The Labute approximate surface area is 130 Å². The van der Waals surface area contributed by atoms with Crippen LogP contribution in [0.4, 0.5) is 5.69 Å². The van der Waals surface area contributed by atoms with Crippen LogP contribution in [0.2, 0.25) is 0 Å². The molecule has 0 saturated heterocycles. The number of nitrogens with zero attached hydrogens (tertiary/aromatic N) is 1. The minimum atomic E-state index is -0.498. The van der Waals surface area contributed by atoms with E-state index in [2.05, 4.69) is 5.32 Å². The van der Waals surface area contributed by atoms with Gasteiger partial charge in [0.2, 0.25) is 0 Å². The summed E-state index contributed by atoms with van der Waals surface area (Å²) in [6.45, 7) is 3.93. The highest BCUT2D eigenvalue weighted by Gasteiger charge is 2.17. The lowest BCUT2D eigenvalue weighted by Gasteiger charge is -2.19. The summed E-state index contributed by atoms with van der Waals surface area (Å²) in [5.41, 5.74) is 5.64. The van der Waals surface area contributed by atoms with Gasteiger partial charge in [0.25, 0.3) is 11.6 Å². The van der Waals surface area contributed by atoms with Gasteiger partial charge in [-0.2, -0.15) is 0 Å². The number of non-ortho nitro benzene ring substituents is 1. The van der Waals surface area contributed by atoms with E-state index in [1.165, 1.54) is 18.2 Å². The summed E-state index contributed by atoms with van der Waals surface area (Å²) >= 11 is 1.90. The number of rotatable bonds is 4. The van der Waals surface area contributed by atoms with Gasteiger partial charge in [0, 0.05) is 27.8 Å². The zero-order chi connectivity index (χ0) is 13.9. The van der Waals surface area contributed by atoms with Gasteiger partial charge >= 0.3 is 0 Å². The number of nitrogens with one attached hydrogen (secondary N) is 1. The molecule has 6 nitrogen and oxygen atoms in total. The molecule has 1 amide bonds. The Morgan fingerprint density at radius 3 is 2.53 bits per heavy atom. The van der Waals surface area contributed by atoms with Gasteiger partial charge in [-0.1, -0.05) is 0 Å². The Balaban J connectivity index is 0.00000324. The van der Waals surface area contributed by atoms with Crippen LogP contribution in [0.25, 0.3) is 0 Å². The Kier molecular flexibility index (Phi) is 6.67. The number of benzene rings is 1. The number of hydrogen-bond acceptors (Lipinski definition) is 4. The normalized spacial score (nSPS) is 10.5. The average molecular weight is 400 g/mol. The molecular formula is C11H15ClIN3O3. The number of halogens is 2. The summed E-state index contributed by atoms with van der Waals surface area (Å²) in [6, 6.07) is 4.12. The van der Waals surface area contributed by atoms with E-state index >= 15 is 0 Å². The quantitative estimate of drug-likeness (QED) is 0.460. The first kappa shape index (κ1) is 18.1. The summed E-state index contributed by atoms with van der Waals surface area (Å²) in [4.78, 5) is 21.9. The van der Waals surface area contributed by atoms with Crippen molar-refractivity contribution in [1.29, 1.82) is 0 Å². The molecule has 0 aromatic heterocycles. The van der Waals surface area contributed by atoms with Crippen molar-refractivity contribution in [1.82, 2.24) is 5.32 Å². The molecule has 0 fully saturated rings. The summed E-state index contributed by atoms with van der Waals surface area (Å²) in [6.07, 6.45) is 0. The molecule has 19 heavy (non-hydrogen) atoms. The minimum Gasteiger partial charge on any atom is -0.350 e. The number of amides is 1. The van der Waals surface area contributed by atoms with E-state index in [-0.39, 0.29) is 24.0 Å². The molecule has 0 aliphatic rings. The predicted octanol–water partition coefficient (Wildman–Crippen LogP) is 2.09. The molecule has 0 unspecified atom stereocenters. The van der Waals surface area contributed by atoms with E-state index in [4.69, 9.17) is 5.73 Å².